The third-order valence-corrected chi connectivity index (χ3v) is 2.46. The monoisotopic (exact) mass is 214 g/mol. The molecule has 0 amide bonds. The van der Waals surface area contributed by atoms with E-state index in [1.165, 1.54) is 5.56 Å². The highest BCUT2D eigenvalue weighted by atomic mass is 35.5. The van der Waals surface area contributed by atoms with Crippen molar-refractivity contribution in [1.82, 2.24) is 0 Å². The molecule has 2 nitrogen and oxygen atoms in total. The fourth-order valence-electron chi connectivity index (χ4n) is 1.08. The normalized spacial score (nSPS) is 11.7. The summed E-state index contributed by atoms with van der Waals surface area (Å²) in [5, 5.41) is 11.9. The van der Waals surface area contributed by atoms with Gasteiger partial charge in [0.1, 0.15) is 12.1 Å². The lowest BCUT2D eigenvalue weighted by Crippen LogP contribution is -2.95. The van der Waals surface area contributed by atoms with E-state index in [4.69, 9.17) is 16.7 Å². The van der Waals surface area contributed by atoms with E-state index < -0.39 is 0 Å². The average Bonchev–Trinajstić information content (AvgIpc) is 2.17. The molecule has 0 aliphatic carbocycles. The van der Waals surface area contributed by atoms with Crippen molar-refractivity contribution in [3.8, 4) is 0 Å². The molecule has 0 aliphatic heterocycles. The molecule has 78 valence electrons. The molecule has 3 N–H and O–H groups in total. The van der Waals surface area contributed by atoms with Crippen LogP contribution in [0.1, 0.15) is 19.4 Å². The highest BCUT2D eigenvalue weighted by Gasteiger charge is 2.18. The third-order valence-electron chi connectivity index (χ3n) is 2.21. The van der Waals surface area contributed by atoms with Crippen molar-refractivity contribution < 1.29 is 10.4 Å². The summed E-state index contributed by atoms with van der Waals surface area (Å²) in [5.74, 6) is 0. The van der Waals surface area contributed by atoms with E-state index in [9.17, 15) is 0 Å². The van der Waals surface area contributed by atoms with Gasteiger partial charge in [-0.05, 0) is 26.0 Å². The average molecular weight is 215 g/mol. The highest BCUT2D eigenvalue weighted by Crippen LogP contribution is 2.08. The number of hydrogen-bond donors (Lipinski definition) is 2. The number of rotatable bonds is 4. The Balaban J connectivity index is 2.50. The van der Waals surface area contributed by atoms with Crippen LogP contribution in [0.4, 0.5) is 0 Å². The SMILES string of the molecule is CC(C)(CO)[NH2+]Cc1ccc(Cl)cc1. The summed E-state index contributed by atoms with van der Waals surface area (Å²) in [6.45, 7) is 5.08. The van der Waals surface area contributed by atoms with Crippen molar-refractivity contribution in [3.05, 3.63) is 34.9 Å². The molecule has 1 rings (SSSR count). The third kappa shape index (κ3) is 3.66. The second kappa shape index (κ2) is 4.78. The maximum absolute atomic E-state index is 9.06. The van der Waals surface area contributed by atoms with Gasteiger partial charge in [-0.15, -0.1) is 0 Å². The van der Waals surface area contributed by atoms with Gasteiger partial charge in [0.15, 0.2) is 0 Å². The Morgan fingerprint density at radius 2 is 1.86 bits per heavy atom. The lowest BCUT2D eigenvalue weighted by atomic mass is 10.1. The Morgan fingerprint density at radius 3 is 2.36 bits per heavy atom. The molecular formula is C11H17ClNO+. The zero-order chi connectivity index (χ0) is 10.6. The van der Waals surface area contributed by atoms with Crippen molar-refractivity contribution in [1.29, 1.82) is 0 Å². The van der Waals surface area contributed by atoms with Crippen LogP contribution in [-0.4, -0.2) is 17.3 Å². The molecular weight excluding hydrogens is 198 g/mol. The van der Waals surface area contributed by atoms with Gasteiger partial charge in [-0.1, -0.05) is 23.7 Å². The van der Waals surface area contributed by atoms with Crippen LogP contribution in [0.25, 0.3) is 0 Å². The lowest BCUT2D eigenvalue weighted by molar-refractivity contribution is -0.736. The minimum Gasteiger partial charge on any atom is -0.390 e. The molecule has 1 aromatic carbocycles. The van der Waals surface area contributed by atoms with Gasteiger partial charge in [0.2, 0.25) is 0 Å². The molecule has 0 fully saturated rings. The topological polar surface area (TPSA) is 36.8 Å². The standard InChI is InChI=1S/C11H16ClNO/c1-11(2,8-14)13-7-9-3-5-10(12)6-4-9/h3-6,13-14H,7-8H2,1-2H3/p+1. The van der Waals surface area contributed by atoms with Crippen molar-refractivity contribution in [2.24, 2.45) is 0 Å². The summed E-state index contributed by atoms with van der Waals surface area (Å²) in [7, 11) is 0. The van der Waals surface area contributed by atoms with Crippen LogP contribution in [0.3, 0.4) is 0 Å². The first kappa shape index (κ1) is 11.5. The summed E-state index contributed by atoms with van der Waals surface area (Å²) in [6.07, 6.45) is 0. The van der Waals surface area contributed by atoms with E-state index >= 15 is 0 Å². The van der Waals surface area contributed by atoms with Gasteiger partial charge in [-0.2, -0.15) is 0 Å². The smallest absolute Gasteiger partial charge is 0.114 e. The number of aliphatic hydroxyl groups is 1. The molecule has 0 spiro atoms. The fraction of sp³-hybridized carbons (Fsp3) is 0.455. The number of benzene rings is 1. The van der Waals surface area contributed by atoms with Gasteiger partial charge in [-0.25, -0.2) is 0 Å². The first-order valence-corrected chi connectivity index (χ1v) is 5.11. The lowest BCUT2D eigenvalue weighted by Gasteiger charge is -2.19. The van der Waals surface area contributed by atoms with Crippen molar-refractivity contribution in [3.63, 3.8) is 0 Å². The molecule has 0 aliphatic rings. The minimum absolute atomic E-state index is 0.111. The van der Waals surface area contributed by atoms with E-state index in [1.54, 1.807) is 0 Å². The van der Waals surface area contributed by atoms with Gasteiger partial charge < -0.3 is 10.4 Å². The number of aliphatic hydroxyl groups excluding tert-OH is 1. The zero-order valence-electron chi connectivity index (χ0n) is 8.63. The molecule has 0 aromatic heterocycles. The molecule has 0 unspecified atom stereocenters. The Bertz CT molecular complexity index is 282. The van der Waals surface area contributed by atoms with E-state index in [-0.39, 0.29) is 12.1 Å². The van der Waals surface area contributed by atoms with Crippen LogP contribution < -0.4 is 5.32 Å². The molecule has 0 radical (unpaired) electrons. The molecule has 0 saturated heterocycles. The number of quaternary nitrogens is 1. The molecule has 14 heavy (non-hydrogen) atoms. The molecule has 0 atom stereocenters. The van der Waals surface area contributed by atoms with E-state index in [2.05, 4.69) is 5.32 Å². The summed E-state index contributed by atoms with van der Waals surface area (Å²) in [6, 6.07) is 7.78. The van der Waals surface area contributed by atoms with Gasteiger partial charge in [0.05, 0.1) is 6.61 Å². The first-order chi connectivity index (χ1) is 6.53. The van der Waals surface area contributed by atoms with Crippen molar-refractivity contribution in [2.45, 2.75) is 25.9 Å². The van der Waals surface area contributed by atoms with Crippen molar-refractivity contribution in [2.75, 3.05) is 6.61 Å². The molecule has 1 aromatic rings. The Morgan fingerprint density at radius 1 is 1.29 bits per heavy atom. The Labute approximate surface area is 89.9 Å². The number of nitrogens with two attached hydrogens (primary N) is 1. The van der Waals surface area contributed by atoms with Crippen LogP contribution in [0, 0.1) is 0 Å². The van der Waals surface area contributed by atoms with E-state index in [0.717, 1.165) is 11.6 Å². The largest absolute Gasteiger partial charge is 0.390 e. The van der Waals surface area contributed by atoms with E-state index in [1.807, 2.05) is 38.1 Å². The Hall–Kier alpha value is -0.570. The van der Waals surface area contributed by atoms with Crippen LogP contribution in [0.2, 0.25) is 5.02 Å². The predicted molar refractivity (Wildman–Crippen MR) is 58.2 cm³/mol. The number of halogens is 1. The highest BCUT2D eigenvalue weighted by molar-refractivity contribution is 6.30. The Kier molecular flexibility index (Phi) is 3.93. The van der Waals surface area contributed by atoms with Crippen LogP contribution >= 0.6 is 11.6 Å². The fourth-order valence-corrected chi connectivity index (χ4v) is 1.21. The molecule has 3 heteroatoms. The molecule has 0 bridgehead atoms. The first-order valence-electron chi connectivity index (χ1n) is 4.73. The second-order valence-corrected chi connectivity index (χ2v) is 4.62. The van der Waals surface area contributed by atoms with Gasteiger partial charge in [0.25, 0.3) is 0 Å². The predicted octanol–water partition coefficient (Wildman–Crippen LogP) is 1.17. The van der Waals surface area contributed by atoms with Gasteiger partial charge in [-0.3, -0.25) is 0 Å². The van der Waals surface area contributed by atoms with Crippen LogP contribution in [0.15, 0.2) is 24.3 Å². The van der Waals surface area contributed by atoms with Crippen LogP contribution in [-0.2, 0) is 6.54 Å². The quantitative estimate of drug-likeness (QED) is 0.776. The zero-order valence-corrected chi connectivity index (χ0v) is 9.38. The minimum atomic E-state index is -0.111. The maximum Gasteiger partial charge on any atom is 0.114 e. The molecule has 0 saturated carbocycles. The van der Waals surface area contributed by atoms with Crippen LogP contribution in [0.5, 0.6) is 0 Å². The summed E-state index contributed by atoms with van der Waals surface area (Å²) in [5.41, 5.74) is 1.11. The molecule has 0 heterocycles. The summed E-state index contributed by atoms with van der Waals surface area (Å²) < 4.78 is 0. The number of hydrogen-bond acceptors (Lipinski definition) is 1. The maximum atomic E-state index is 9.06. The van der Waals surface area contributed by atoms with E-state index in [0.29, 0.717) is 0 Å². The van der Waals surface area contributed by atoms with Gasteiger partial charge in [0, 0.05) is 10.6 Å². The van der Waals surface area contributed by atoms with Crippen molar-refractivity contribution >= 4 is 11.6 Å². The summed E-state index contributed by atoms with van der Waals surface area (Å²) >= 11 is 5.78. The second-order valence-electron chi connectivity index (χ2n) is 4.18. The van der Waals surface area contributed by atoms with Gasteiger partial charge >= 0.3 is 0 Å². The summed E-state index contributed by atoms with van der Waals surface area (Å²) in [4.78, 5) is 0.